The van der Waals surface area contributed by atoms with E-state index in [4.69, 9.17) is 0 Å². The number of hydroxylamine groups is 2. The number of urea groups is 2. The third-order valence-electron chi connectivity index (χ3n) is 7.52. The van der Waals surface area contributed by atoms with Crippen LogP contribution in [0.1, 0.15) is 77.6 Å². The third-order valence-corrected chi connectivity index (χ3v) is 7.52. The van der Waals surface area contributed by atoms with Gasteiger partial charge in [-0.2, -0.15) is 4.48 Å². The molecule has 0 spiro atoms. The molecule has 1 heterocycles. The lowest BCUT2D eigenvalue weighted by Crippen LogP contribution is -2.66. The predicted octanol–water partition coefficient (Wildman–Crippen LogP) is 2.92. The second-order valence-corrected chi connectivity index (χ2v) is 9.62. The van der Waals surface area contributed by atoms with Gasteiger partial charge in [0.25, 0.3) is 0 Å². The predicted molar refractivity (Wildman–Crippen MR) is 113 cm³/mol. The molecule has 3 N–H and O–H groups in total. The molecule has 174 valence electrons. The fourth-order valence-electron chi connectivity index (χ4n) is 5.79. The van der Waals surface area contributed by atoms with Crippen molar-refractivity contribution in [2.24, 2.45) is 11.8 Å². The summed E-state index contributed by atoms with van der Waals surface area (Å²) in [6, 6.07) is -1.34. The summed E-state index contributed by atoms with van der Waals surface area (Å²) in [5, 5.41) is 15.6. The molecule has 3 atom stereocenters. The first-order chi connectivity index (χ1) is 14.9. The van der Waals surface area contributed by atoms with E-state index in [1.807, 2.05) is 6.92 Å². The van der Waals surface area contributed by atoms with E-state index in [0.29, 0.717) is 43.2 Å². The second kappa shape index (κ2) is 10.5. The Morgan fingerprint density at radius 3 is 2.29 bits per heavy atom. The van der Waals surface area contributed by atoms with Crippen LogP contribution < -0.4 is 10.6 Å². The van der Waals surface area contributed by atoms with Gasteiger partial charge in [0.05, 0.1) is 19.0 Å². The maximum absolute atomic E-state index is 13.8. The zero-order valence-electron chi connectivity index (χ0n) is 18.6. The third kappa shape index (κ3) is 5.44. The maximum Gasteiger partial charge on any atom is 0.432 e. The number of likely N-dealkylation sites (tertiary alicyclic amines) is 1. The molecule has 31 heavy (non-hydrogen) atoms. The van der Waals surface area contributed by atoms with Gasteiger partial charge in [-0.15, -0.1) is 0 Å². The average molecular weight is 438 g/mol. The first-order valence-electron chi connectivity index (χ1n) is 11.8. The van der Waals surface area contributed by atoms with Gasteiger partial charge >= 0.3 is 18.0 Å². The van der Waals surface area contributed by atoms with Crippen LogP contribution in [0.25, 0.3) is 0 Å². The highest BCUT2D eigenvalue weighted by Crippen LogP contribution is 2.35. The summed E-state index contributed by atoms with van der Waals surface area (Å²) < 4.78 is -0.442. The van der Waals surface area contributed by atoms with Crippen LogP contribution >= 0.6 is 0 Å². The van der Waals surface area contributed by atoms with Crippen LogP contribution in [0.5, 0.6) is 0 Å². The summed E-state index contributed by atoms with van der Waals surface area (Å²) in [6.45, 7) is 2.06. The molecule has 0 bridgehead atoms. The molecule has 3 fully saturated rings. The monoisotopic (exact) mass is 437 g/mol. The van der Waals surface area contributed by atoms with Gasteiger partial charge in [-0.1, -0.05) is 38.5 Å². The molecule has 3 rings (SSSR count). The number of quaternary nitrogens is 1. The Morgan fingerprint density at radius 1 is 1.06 bits per heavy atom. The number of hydrogen-bond donors (Lipinski definition) is 3. The van der Waals surface area contributed by atoms with Crippen molar-refractivity contribution in [3.63, 3.8) is 0 Å². The first kappa shape index (κ1) is 23.7. The molecule has 0 aromatic carbocycles. The van der Waals surface area contributed by atoms with Crippen molar-refractivity contribution >= 4 is 24.4 Å². The molecule has 1 aliphatic heterocycles. The highest BCUT2D eigenvalue weighted by molar-refractivity contribution is 5.95. The minimum absolute atomic E-state index is 0.0682. The molecule has 0 aromatic heterocycles. The van der Waals surface area contributed by atoms with E-state index >= 15 is 0 Å². The molecule has 2 aliphatic carbocycles. The molecule has 0 aromatic rings. The molecule has 0 radical (unpaired) electrons. The summed E-state index contributed by atoms with van der Waals surface area (Å²) in [5.41, 5.74) is 0. The second-order valence-electron chi connectivity index (χ2n) is 9.62. The summed E-state index contributed by atoms with van der Waals surface area (Å²) in [5.74, 6) is -0.604. The Bertz CT molecular complexity index is 675. The zero-order valence-corrected chi connectivity index (χ0v) is 18.6. The minimum atomic E-state index is -0.650. The molecule has 6 amide bonds. The van der Waals surface area contributed by atoms with E-state index in [-0.39, 0.29) is 24.5 Å². The van der Waals surface area contributed by atoms with Gasteiger partial charge in [0.1, 0.15) is 6.04 Å². The molecule has 1 saturated heterocycles. The van der Waals surface area contributed by atoms with E-state index in [1.54, 1.807) is 0 Å². The first-order valence-corrected chi connectivity index (χ1v) is 11.8. The Balaban J connectivity index is 1.76. The molecular formula is C22H37N4O5+. The van der Waals surface area contributed by atoms with Gasteiger partial charge in [-0.3, -0.25) is 10.0 Å². The molecule has 9 nitrogen and oxygen atoms in total. The highest BCUT2D eigenvalue weighted by atomic mass is 16.5. The Kier molecular flexibility index (Phi) is 8.05. The van der Waals surface area contributed by atoms with Gasteiger partial charge < -0.3 is 5.32 Å². The van der Waals surface area contributed by atoms with Crippen LogP contribution in [-0.2, 0) is 9.59 Å². The van der Waals surface area contributed by atoms with E-state index in [1.165, 1.54) is 0 Å². The van der Waals surface area contributed by atoms with Crippen molar-refractivity contribution in [1.82, 2.24) is 15.7 Å². The Hall–Kier alpha value is -2.00. The lowest BCUT2D eigenvalue weighted by molar-refractivity contribution is -0.786. The van der Waals surface area contributed by atoms with E-state index in [0.717, 1.165) is 51.4 Å². The fourth-order valence-corrected chi connectivity index (χ4v) is 5.79. The summed E-state index contributed by atoms with van der Waals surface area (Å²) in [6.07, 6.45) is 10.4. The van der Waals surface area contributed by atoms with Crippen LogP contribution in [0.4, 0.5) is 9.59 Å². The number of nitrogens with one attached hydrogen (secondary N) is 2. The Morgan fingerprint density at radius 2 is 1.71 bits per heavy atom. The molecule has 9 heteroatoms. The van der Waals surface area contributed by atoms with E-state index in [2.05, 4.69) is 10.6 Å². The van der Waals surface area contributed by atoms with Gasteiger partial charge in [0.2, 0.25) is 6.41 Å². The standard InChI is InChI=1S/C22H36N4O5/c1-16-7-6-12-26(16,22(30)24-21(29)23-19-10-4-5-11-19)20(28)18(14-25(31)15-27)13-17-8-2-3-9-17/h15-19,31H,2-14H2,1H3,(H-,23,24,29,30)/p+1/t16-,18-,26?/m1/s1. The van der Waals surface area contributed by atoms with Gasteiger partial charge in [-0.05, 0) is 32.1 Å². The zero-order chi connectivity index (χ0) is 22.4. The fraction of sp³-hybridized carbons (Fsp3) is 0.818. The lowest BCUT2D eigenvalue weighted by atomic mass is 9.91. The van der Waals surface area contributed by atoms with Crippen LogP contribution in [0.15, 0.2) is 0 Å². The smallest absolute Gasteiger partial charge is 0.335 e. The van der Waals surface area contributed by atoms with Gasteiger partial charge in [0, 0.05) is 18.9 Å². The average Bonchev–Trinajstić information content (AvgIpc) is 3.49. The lowest BCUT2D eigenvalue weighted by Gasteiger charge is -2.36. The number of carbonyl (C=O) groups is 4. The highest BCUT2D eigenvalue weighted by Gasteiger charge is 2.55. The molecular weight excluding hydrogens is 400 g/mol. The van der Waals surface area contributed by atoms with Crippen LogP contribution in [0.2, 0.25) is 0 Å². The number of carbonyl (C=O) groups excluding carboxylic acids is 4. The van der Waals surface area contributed by atoms with Gasteiger partial charge in [0.15, 0.2) is 0 Å². The summed E-state index contributed by atoms with van der Waals surface area (Å²) >= 11 is 0. The van der Waals surface area contributed by atoms with Crippen LogP contribution in [0, 0.1) is 11.8 Å². The number of rotatable bonds is 7. The van der Waals surface area contributed by atoms with E-state index in [9.17, 15) is 24.4 Å². The number of amides is 6. The van der Waals surface area contributed by atoms with Crippen molar-refractivity contribution in [3.05, 3.63) is 0 Å². The largest absolute Gasteiger partial charge is 0.432 e. The van der Waals surface area contributed by atoms with Crippen molar-refractivity contribution in [2.75, 3.05) is 13.1 Å². The van der Waals surface area contributed by atoms with E-state index < -0.39 is 22.5 Å². The van der Waals surface area contributed by atoms with Crippen LogP contribution in [0.3, 0.4) is 0 Å². The van der Waals surface area contributed by atoms with Crippen molar-refractivity contribution in [3.8, 4) is 0 Å². The van der Waals surface area contributed by atoms with Crippen molar-refractivity contribution < 1.29 is 28.9 Å². The number of imide groups is 2. The summed E-state index contributed by atoms with van der Waals surface area (Å²) in [7, 11) is 0. The van der Waals surface area contributed by atoms with Crippen molar-refractivity contribution in [2.45, 2.75) is 89.6 Å². The topological polar surface area (TPSA) is 116 Å². The molecule has 1 unspecified atom stereocenters. The van der Waals surface area contributed by atoms with Crippen molar-refractivity contribution in [1.29, 1.82) is 0 Å². The maximum atomic E-state index is 13.8. The minimum Gasteiger partial charge on any atom is -0.335 e. The molecule has 3 aliphatic rings. The molecule has 2 saturated carbocycles. The van der Waals surface area contributed by atoms with Crippen LogP contribution in [-0.4, -0.2) is 64.3 Å². The Labute approximate surface area is 184 Å². The normalized spacial score (nSPS) is 27.7. The SMILES string of the molecule is C[C@@H]1CCC[N+]1(C(=O)NC(=O)NC1CCCC1)C(=O)[C@H](CC1CCCC1)CN(O)C=O. The number of hydrogen-bond acceptors (Lipinski definition) is 5. The number of nitrogens with zero attached hydrogens (tertiary/aromatic N) is 2. The van der Waals surface area contributed by atoms with Gasteiger partial charge in [-0.25, -0.2) is 24.8 Å². The summed E-state index contributed by atoms with van der Waals surface area (Å²) in [4.78, 5) is 50.6. The quantitative estimate of drug-likeness (QED) is 0.245.